The first kappa shape index (κ1) is 22.6. The summed E-state index contributed by atoms with van der Waals surface area (Å²) in [7, 11) is 0. The molecule has 148 valence electrons. The standard InChI is InChI=1S/C21H34O5/c1-3-4-9-13-21(2,26)14-12-17-16(18(22)15-19(17)23)10-7-5-6-8-11-20(24)25/h5,7,12,14,16-17,19,23,26H,3-4,6,8-11,13,15H2,1-2H3,(H,24,25)/b7-5-,14-12+/t16-,17-,19-,21-/m1/s1. The zero-order chi connectivity index (χ0) is 19.6. The number of aliphatic hydroxyl groups excluding tert-OH is 1. The zero-order valence-electron chi connectivity index (χ0n) is 16.1. The number of carbonyl (C=O) groups is 2. The van der Waals surface area contributed by atoms with Crippen molar-refractivity contribution in [2.75, 3.05) is 0 Å². The maximum absolute atomic E-state index is 12.2. The molecule has 0 saturated heterocycles. The lowest BCUT2D eigenvalue weighted by atomic mass is 9.88. The van der Waals surface area contributed by atoms with Crippen molar-refractivity contribution in [2.24, 2.45) is 11.8 Å². The number of ketones is 1. The molecule has 5 heteroatoms. The van der Waals surface area contributed by atoms with Gasteiger partial charge in [-0.25, -0.2) is 0 Å². The van der Waals surface area contributed by atoms with Crippen molar-refractivity contribution in [1.29, 1.82) is 0 Å². The number of allylic oxidation sites excluding steroid dienone is 2. The quantitative estimate of drug-likeness (QED) is 0.362. The van der Waals surface area contributed by atoms with Crippen LogP contribution in [0.25, 0.3) is 0 Å². The Kier molecular flexibility index (Phi) is 9.81. The summed E-state index contributed by atoms with van der Waals surface area (Å²) in [4.78, 5) is 22.6. The highest BCUT2D eigenvalue weighted by Gasteiger charge is 2.39. The van der Waals surface area contributed by atoms with Crippen molar-refractivity contribution in [3.05, 3.63) is 24.3 Å². The van der Waals surface area contributed by atoms with Crippen molar-refractivity contribution in [1.82, 2.24) is 0 Å². The van der Waals surface area contributed by atoms with Gasteiger partial charge in [-0.3, -0.25) is 9.59 Å². The summed E-state index contributed by atoms with van der Waals surface area (Å²) in [6.07, 6.45) is 12.5. The molecule has 1 saturated carbocycles. The molecule has 1 aliphatic carbocycles. The fraction of sp³-hybridized carbons (Fsp3) is 0.714. The Morgan fingerprint density at radius 2 is 2.00 bits per heavy atom. The molecule has 0 amide bonds. The third-order valence-corrected chi connectivity index (χ3v) is 5.01. The molecule has 1 rings (SSSR count). The van der Waals surface area contributed by atoms with Crippen LogP contribution in [0.4, 0.5) is 0 Å². The molecule has 3 N–H and O–H groups in total. The van der Waals surface area contributed by atoms with Crippen molar-refractivity contribution in [2.45, 2.75) is 83.3 Å². The van der Waals surface area contributed by atoms with Gasteiger partial charge in [-0.05, 0) is 32.6 Å². The fourth-order valence-corrected chi connectivity index (χ4v) is 3.39. The van der Waals surface area contributed by atoms with Gasteiger partial charge in [-0.15, -0.1) is 0 Å². The molecule has 0 unspecified atom stereocenters. The molecule has 4 atom stereocenters. The first-order valence-corrected chi connectivity index (χ1v) is 9.76. The summed E-state index contributed by atoms with van der Waals surface area (Å²) in [5.74, 6) is -1.30. The monoisotopic (exact) mass is 366 g/mol. The van der Waals surface area contributed by atoms with Crippen LogP contribution in [0.5, 0.6) is 0 Å². The van der Waals surface area contributed by atoms with Gasteiger partial charge in [0.1, 0.15) is 5.78 Å². The van der Waals surface area contributed by atoms with Crippen LogP contribution < -0.4 is 0 Å². The molecule has 1 fully saturated rings. The SMILES string of the molecule is CCCCC[C@@](C)(O)/C=C/[C@H]1[C@H](O)CC(=O)[C@@H]1C/C=C\CCCC(=O)O. The highest BCUT2D eigenvalue weighted by Crippen LogP contribution is 2.34. The number of aliphatic hydroxyl groups is 2. The minimum absolute atomic E-state index is 0.0490. The van der Waals surface area contributed by atoms with Crippen LogP contribution in [0.15, 0.2) is 24.3 Å². The summed E-state index contributed by atoms with van der Waals surface area (Å²) in [5, 5.41) is 29.3. The molecule has 0 radical (unpaired) electrons. The van der Waals surface area contributed by atoms with Gasteiger partial charge in [0.2, 0.25) is 0 Å². The molecule has 0 aliphatic heterocycles. The first-order valence-electron chi connectivity index (χ1n) is 9.76. The summed E-state index contributed by atoms with van der Waals surface area (Å²) < 4.78 is 0. The minimum atomic E-state index is -0.919. The summed E-state index contributed by atoms with van der Waals surface area (Å²) in [6, 6.07) is 0. The molecule has 0 spiro atoms. The number of rotatable bonds is 12. The van der Waals surface area contributed by atoms with Gasteiger partial charge in [0.05, 0.1) is 11.7 Å². The zero-order valence-corrected chi connectivity index (χ0v) is 16.1. The molecule has 1 aliphatic rings. The van der Waals surface area contributed by atoms with Crippen LogP contribution in [0, 0.1) is 11.8 Å². The molecule has 26 heavy (non-hydrogen) atoms. The average Bonchev–Trinajstić information content (AvgIpc) is 2.82. The smallest absolute Gasteiger partial charge is 0.303 e. The lowest BCUT2D eigenvalue weighted by Gasteiger charge is -2.21. The topological polar surface area (TPSA) is 94.8 Å². The van der Waals surface area contributed by atoms with Gasteiger partial charge in [-0.1, -0.05) is 50.5 Å². The Labute approximate surface area is 156 Å². The lowest BCUT2D eigenvalue weighted by molar-refractivity contribution is -0.137. The number of Topliss-reactive ketones (excluding diaryl/α,β-unsaturated/α-hetero) is 1. The highest BCUT2D eigenvalue weighted by molar-refractivity contribution is 5.84. The number of carboxylic acids is 1. The van der Waals surface area contributed by atoms with Crippen LogP contribution in [0.3, 0.4) is 0 Å². The summed E-state index contributed by atoms with van der Waals surface area (Å²) in [6.45, 7) is 3.88. The van der Waals surface area contributed by atoms with Gasteiger partial charge in [0.15, 0.2) is 0 Å². The van der Waals surface area contributed by atoms with Gasteiger partial charge < -0.3 is 15.3 Å². The summed E-state index contributed by atoms with van der Waals surface area (Å²) in [5.41, 5.74) is -0.919. The molecular weight excluding hydrogens is 332 g/mol. The Hall–Kier alpha value is -1.46. The number of hydrogen-bond donors (Lipinski definition) is 3. The molecule has 0 aromatic rings. The third kappa shape index (κ3) is 8.28. The fourth-order valence-electron chi connectivity index (χ4n) is 3.39. The van der Waals surface area contributed by atoms with Crippen LogP contribution >= 0.6 is 0 Å². The van der Waals surface area contributed by atoms with Gasteiger partial charge in [-0.2, -0.15) is 0 Å². The van der Waals surface area contributed by atoms with E-state index in [2.05, 4.69) is 6.92 Å². The predicted molar refractivity (Wildman–Crippen MR) is 102 cm³/mol. The molecule has 0 heterocycles. The summed E-state index contributed by atoms with van der Waals surface area (Å²) >= 11 is 0. The number of unbranched alkanes of at least 4 members (excludes halogenated alkanes) is 3. The molecule has 0 bridgehead atoms. The van der Waals surface area contributed by atoms with Crippen LogP contribution in [-0.2, 0) is 9.59 Å². The number of aliphatic carboxylic acids is 1. The van der Waals surface area contributed by atoms with E-state index >= 15 is 0 Å². The van der Waals surface area contributed by atoms with Gasteiger partial charge in [0.25, 0.3) is 0 Å². The Morgan fingerprint density at radius 3 is 2.65 bits per heavy atom. The van der Waals surface area contributed by atoms with Crippen LogP contribution in [-0.4, -0.2) is 38.8 Å². The molecule has 0 aromatic heterocycles. The van der Waals surface area contributed by atoms with Crippen molar-refractivity contribution in [3.63, 3.8) is 0 Å². The van der Waals surface area contributed by atoms with E-state index in [1.54, 1.807) is 13.0 Å². The second-order valence-electron chi connectivity index (χ2n) is 7.59. The van der Waals surface area contributed by atoms with E-state index in [1.807, 2.05) is 18.2 Å². The van der Waals surface area contributed by atoms with E-state index in [4.69, 9.17) is 5.11 Å². The van der Waals surface area contributed by atoms with Crippen LogP contribution in [0.1, 0.15) is 71.6 Å². The number of hydrogen-bond acceptors (Lipinski definition) is 4. The predicted octanol–water partition coefficient (Wildman–Crippen LogP) is 3.64. The van der Waals surface area contributed by atoms with E-state index in [1.165, 1.54) is 0 Å². The Morgan fingerprint density at radius 1 is 1.27 bits per heavy atom. The second kappa shape index (κ2) is 11.3. The normalized spacial score (nSPS) is 26.0. The van der Waals surface area contributed by atoms with Crippen molar-refractivity contribution >= 4 is 11.8 Å². The van der Waals surface area contributed by atoms with Gasteiger partial charge in [0, 0.05) is 24.7 Å². The van der Waals surface area contributed by atoms with E-state index in [9.17, 15) is 19.8 Å². The Balaban J connectivity index is 2.58. The molecule has 0 aromatic carbocycles. The minimum Gasteiger partial charge on any atom is -0.481 e. The number of carbonyl (C=O) groups excluding carboxylic acids is 1. The lowest BCUT2D eigenvalue weighted by Crippen LogP contribution is -2.23. The van der Waals surface area contributed by atoms with Crippen molar-refractivity contribution < 1.29 is 24.9 Å². The van der Waals surface area contributed by atoms with Crippen molar-refractivity contribution in [3.8, 4) is 0 Å². The maximum Gasteiger partial charge on any atom is 0.303 e. The Bertz CT molecular complexity index is 507. The van der Waals surface area contributed by atoms with E-state index < -0.39 is 17.7 Å². The number of carboxylic acid groups (broad SMARTS) is 1. The highest BCUT2D eigenvalue weighted by atomic mass is 16.4. The maximum atomic E-state index is 12.2. The molecule has 5 nitrogen and oxygen atoms in total. The third-order valence-electron chi connectivity index (χ3n) is 5.01. The van der Waals surface area contributed by atoms with E-state index in [0.29, 0.717) is 25.7 Å². The van der Waals surface area contributed by atoms with E-state index in [-0.39, 0.29) is 30.5 Å². The largest absolute Gasteiger partial charge is 0.481 e. The second-order valence-corrected chi connectivity index (χ2v) is 7.59. The average molecular weight is 366 g/mol. The molecular formula is C21H34O5. The van der Waals surface area contributed by atoms with Crippen LogP contribution in [0.2, 0.25) is 0 Å². The first-order chi connectivity index (χ1) is 12.3. The van der Waals surface area contributed by atoms with Gasteiger partial charge >= 0.3 is 5.97 Å². The van der Waals surface area contributed by atoms with E-state index in [0.717, 1.165) is 19.3 Å².